The molecule has 0 aliphatic carbocycles. The molecular formula is C19H21NO5. The lowest BCUT2D eigenvalue weighted by Gasteiger charge is -2.19. The molecule has 6 nitrogen and oxygen atoms in total. The van der Waals surface area contributed by atoms with Gasteiger partial charge >= 0.3 is 5.97 Å². The van der Waals surface area contributed by atoms with E-state index in [2.05, 4.69) is 5.32 Å². The number of anilines is 1. The number of nitrogens with one attached hydrogen (secondary N) is 1. The molecule has 0 aromatic heterocycles. The topological polar surface area (TPSA) is 84.9 Å². The molecule has 2 N–H and O–H groups in total. The lowest BCUT2D eigenvalue weighted by molar-refractivity contribution is -0.122. The number of methoxy groups -OCH3 is 1. The molecule has 1 amide bonds. The summed E-state index contributed by atoms with van der Waals surface area (Å²) in [6.45, 7) is 3.77. The Labute approximate surface area is 146 Å². The average Bonchev–Trinajstić information content (AvgIpc) is 2.60. The quantitative estimate of drug-likeness (QED) is 0.804. The SMILES string of the molecule is CCC(Oc1ccccc1C)C(=O)Nc1ccc(C(=O)O)c(OC)c1. The van der Waals surface area contributed by atoms with E-state index >= 15 is 0 Å². The maximum Gasteiger partial charge on any atom is 0.339 e. The number of benzene rings is 2. The van der Waals surface area contributed by atoms with Gasteiger partial charge in [-0.15, -0.1) is 0 Å². The van der Waals surface area contributed by atoms with E-state index in [-0.39, 0.29) is 17.2 Å². The van der Waals surface area contributed by atoms with E-state index in [1.54, 1.807) is 0 Å². The fourth-order valence-electron chi connectivity index (χ4n) is 2.33. The van der Waals surface area contributed by atoms with Crippen LogP contribution in [0.3, 0.4) is 0 Å². The van der Waals surface area contributed by atoms with E-state index < -0.39 is 12.1 Å². The van der Waals surface area contributed by atoms with E-state index in [0.29, 0.717) is 17.9 Å². The normalized spacial score (nSPS) is 11.5. The second kappa shape index (κ2) is 8.19. The van der Waals surface area contributed by atoms with Crippen molar-refractivity contribution in [3.05, 3.63) is 53.6 Å². The molecule has 0 spiro atoms. The number of hydrogen-bond acceptors (Lipinski definition) is 4. The summed E-state index contributed by atoms with van der Waals surface area (Å²) < 4.78 is 10.9. The van der Waals surface area contributed by atoms with Gasteiger partial charge in [-0.3, -0.25) is 4.79 Å². The highest BCUT2D eigenvalue weighted by Crippen LogP contribution is 2.24. The third kappa shape index (κ3) is 4.50. The maximum atomic E-state index is 12.5. The highest BCUT2D eigenvalue weighted by Gasteiger charge is 2.20. The zero-order valence-electron chi connectivity index (χ0n) is 14.4. The zero-order chi connectivity index (χ0) is 18.4. The predicted molar refractivity (Wildman–Crippen MR) is 94.5 cm³/mol. The monoisotopic (exact) mass is 343 g/mol. The minimum atomic E-state index is -1.09. The Morgan fingerprint density at radius 1 is 1.16 bits per heavy atom. The molecule has 0 saturated heterocycles. The van der Waals surface area contributed by atoms with Crippen LogP contribution in [0.15, 0.2) is 42.5 Å². The van der Waals surface area contributed by atoms with Crippen molar-refractivity contribution >= 4 is 17.6 Å². The van der Waals surface area contributed by atoms with Crippen LogP contribution in [0, 0.1) is 6.92 Å². The number of carboxylic acid groups (broad SMARTS) is 1. The zero-order valence-corrected chi connectivity index (χ0v) is 14.4. The van der Waals surface area contributed by atoms with E-state index in [1.807, 2.05) is 38.1 Å². The van der Waals surface area contributed by atoms with Crippen LogP contribution in [-0.2, 0) is 4.79 Å². The molecule has 2 rings (SSSR count). The van der Waals surface area contributed by atoms with Crippen LogP contribution >= 0.6 is 0 Å². The Morgan fingerprint density at radius 2 is 1.88 bits per heavy atom. The Bertz CT molecular complexity index is 772. The molecule has 25 heavy (non-hydrogen) atoms. The molecule has 2 aromatic rings. The van der Waals surface area contributed by atoms with Crippen molar-refractivity contribution in [3.63, 3.8) is 0 Å². The average molecular weight is 343 g/mol. The number of hydrogen-bond donors (Lipinski definition) is 2. The Hall–Kier alpha value is -3.02. The molecule has 0 fully saturated rings. The summed E-state index contributed by atoms with van der Waals surface area (Å²) in [4.78, 5) is 23.6. The van der Waals surface area contributed by atoms with Gasteiger partial charge in [0, 0.05) is 11.8 Å². The van der Waals surface area contributed by atoms with Gasteiger partial charge in [-0.2, -0.15) is 0 Å². The fourth-order valence-corrected chi connectivity index (χ4v) is 2.33. The summed E-state index contributed by atoms with van der Waals surface area (Å²) in [5.41, 5.74) is 1.42. The van der Waals surface area contributed by atoms with Crippen LogP contribution in [0.1, 0.15) is 29.3 Å². The number of carbonyl (C=O) groups is 2. The standard InChI is InChI=1S/C19H21NO5/c1-4-15(25-16-8-6-5-7-12(16)2)18(21)20-13-9-10-14(19(22)23)17(11-13)24-3/h5-11,15H,4H2,1-3H3,(H,20,21)(H,22,23). The number of ether oxygens (including phenoxy) is 2. The van der Waals surface area contributed by atoms with E-state index in [0.717, 1.165) is 5.56 Å². The molecule has 0 saturated carbocycles. The van der Waals surface area contributed by atoms with E-state index in [1.165, 1.54) is 25.3 Å². The Morgan fingerprint density at radius 3 is 2.48 bits per heavy atom. The smallest absolute Gasteiger partial charge is 0.339 e. The van der Waals surface area contributed by atoms with E-state index in [9.17, 15) is 9.59 Å². The number of para-hydroxylation sites is 1. The molecule has 6 heteroatoms. The second-order valence-corrected chi connectivity index (χ2v) is 5.49. The van der Waals surface area contributed by atoms with Crippen LogP contribution in [0.2, 0.25) is 0 Å². The molecule has 0 radical (unpaired) electrons. The van der Waals surface area contributed by atoms with Crippen molar-refractivity contribution in [2.24, 2.45) is 0 Å². The summed E-state index contributed by atoms with van der Waals surface area (Å²) in [5.74, 6) is -0.568. The molecule has 1 unspecified atom stereocenters. The molecule has 2 aromatic carbocycles. The highest BCUT2D eigenvalue weighted by atomic mass is 16.5. The molecule has 0 aliphatic heterocycles. The molecule has 0 heterocycles. The van der Waals surface area contributed by atoms with Gasteiger partial charge in [0.05, 0.1) is 7.11 Å². The predicted octanol–water partition coefficient (Wildman–Crippen LogP) is 3.50. The third-order valence-corrected chi connectivity index (χ3v) is 3.73. The van der Waals surface area contributed by atoms with Gasteiger partial charge in [-0.05, 0) is 37.1 Å². The Kier molecular flexibility index (Phi) is 6.00. The van der Waals surface area contributed by atoms with Gasteiger partial charge in [0.15, 0.2) is 6.10 Å². The second-order valence-electron chi connectivity index (χ2n) is 5.49. The van der Waals surface area contributed by atoms with Crippen molar-refractivity contribution in [2.75, 3.05) is 12.4 Å². The van der Waals surface area contributed by atoms with Crippen LogP contribution in [-0.4, -0.2) is 30.2 Å². The third-order valence-electron chi connectivity index (χ3n) is 3.73. The summed E-state index contributed by atoms with van der Waals surface area (Å²) in [6, 6.07) is 11.9. The van der Waals surface area contributed by atoms with Crippen LogP contribution < -0.4 is 14.8 Å². The van der Waals surface area contributed by atoms with Gasteiger partial charge in [0.2, 0.25) is 0 Å². The van der Waals surface area contributed by atoms with Gasteiger partial charge in [0.1, 0.15) is 17.1 Å². The first-order chi connectivity index (χ1) is 12.0. The lowest BCUT2D eigenvalue weighted by Crippen LogP contribution is -2.32. The number of carbonyl (C=O) groups excluding carboxylic acids is 1. The number of rotatable bonds is 7. The minimum Gasteiger partial charge on any atom is -0.496 e. The Balaban J connectivity index is 2.14. The van der Waals surface area contributed by atoms with Crippen molar-refractivity contribution in [3.8, 4) is 11.5 Å². The number of amides is 1. The molecule has 1 atom stereocenters. The van der Waals surface area contributed by atoms with Crippen molar-refractivity contribution < 1.29 is 24.2 Å². The minimum absolute atomic E-state index is 0.0312. The van der Waals surface area contributed by atoms with Crippen molar-refractivity contribution in [2.45, 2.75) is 26.4 Å². The number of aromatic carboxylic acids is 1. The van der Waals surface area contributed by atoms with E-state index in [4.69, 9.17) is 14.6 Å². The van der Waals surface area contributed by atoms with Gasteiger partial charge in [-0.1, -0.05) is 25.1 Å². The van der Waals surface area contributed by atoms with Gasteiger partial charge < -0.3 is 19.9 Å². The van der Waals surface area contributed by atoms with Gasteiger partial charge in [0.25, 0.3) is 5.91 Å². The van der Waals surface area contributed by atoms with Gasteiger partial charge in [-0.25, -0.2) is 4.79 Å². The number of carboxylic acids is 1. The fraction of sp³-hybridized carbons (Fsp3) is 0.263. The lowest BCUT2D eigenvalue weighted by atomic mass is 10.1. The summed E-state index contributed by atoms with van der Waals surface area (Å²) in [6.07, 6.45) is -0.170. The van der Waals surface area contributed by atoms with Crippen molar-refractivity contribution in [1.82, 2.24) is 0 Å². The first kappa shape index (κ1) is 18.3. The largest absolute Gasteiger partial charge is 0.496 e. The summed E-state index contributed by atoms with van der Waals surface area (Å²) in [5, 5.41) is 11.8. The summed E-state index contributed by atoms with van der Waals surface area (Å²) >= 11 is 0. The molecular weight excluding hydrogens is 322 g/mol. The van der Waals surface area contributed by atoms with Crippen LogP contribution in [0.4, 0.5) is 5.69 Å². The molecule has 0 aliphatic rings. The van der Waals surface area contributed by atoms with Crippen molar-refractivity contribution in [1.29, 1.82) is 0 Å². The summed E-state index contributed by atoms with van der Waals surface area (Å²) in [7, 11) is 1.38. The molecule has 0 bridgehead atoms. The maximum absolute atomic E-state index is 12.5. The first-order valence-corrected chi connectivity index (χ1v) is 7.90. The number of aryl methyl sites for hydroxylation is 1. The van der Waals surface area contributed by atoms with Crippen LogP contribution in [0.25, 0.3) is 0 Å². The molecule has 132 valence electrons. The highest BCUT2D eigenvalue weighted by molar-refractivity contribution is 5.96. The van der Waals surface area contributed by atoms with Crippen LogP contribution in [0.5, 0.6) is 11.5 Å². The first-order valence-electron chi connectivity index (χ1n) is 7.90.